The zero-order chi connectivity index (χ0) is 14.2. The summed E-state index contributed by atoms with van der Waals surface area (Å²) in [6.45, 7) is 1.81. The van der Waals surface area contributed by atoms with Gasteiger partial charge in [-0.2, -0.15) is 0 Å². The van der Waals surface area contributed by atoms with E-state index in [1.807, 2.05) is 6.92 Å². The average molecular weight is 284 g/mol. The normalized spacial score (nSPS) is 20.8. The molecule has 1 amide bonds. The first-order valence-electron chi connectivity index (χ1n) is 5.82. The molecule has 2 rings (SSSR count). The van der Waals surface area contributed by atoms with Crippen LogP contribution in [0.1, 0.15) is 12.0 Å². The van der Waals surface area contributed by atoms with Crippen molar-refractivity contribution in [3.8, 4) is 5.75 Å². The molecule has 1 aliphatic rings. The summed E-state index contributed by atoms with van der Waals surface area (Å²) in [5, 5.41) is 12.0. The van der Waals surface area contributed by atoms with E-state index in [1.54, 1.807) is 12.1 Å². The van der Waals surface area contributed by atoms with Crippen molar-refractivity contribution >= 4 is 29.2 Å². The molecule has 0 heterocycles. The third kappa shape index (κ3) is 2.81. The topological polar surface area (TPSA) is 75.6 Å². The van der Waals surface area contributed by atoms with Crippen molar-refractivity contribution in [2.75, 3.05) is 12.4 Å². The van der Waals surface area contributed by atoms with Crippen molar-refractivity contribution in [3.63, 3.8) is 0 Å². The maximum absolute atomic E-state index is 11.9. The molecule has 102 valence electrons. The van der Waals surface area contributed by atoms with Crippen molar-refractivity contribution in [1.82, 2.24) is 0 Å². The van der Waals surface area contributed by atoms with E-state index in [0.29, 0.717) is 22.9 Å². The number of amides is 1. The van der Waals surface area contributed by atoms with E-state index in [2.05, 4.69) is 5.32 Å². The lowest BCUT2D eigenvalue weighted by Crippen LogP contribution is -2.17. The number of carbonyl (C=O) groups excluding carboxylic acids is 1. The van der Waals surface area contributed by atoms with Crippen molar-refractivity contribution in [2.45, 2.75) is 13.3 Å². The number of benzene rings is 1. The third-order valence-corrected chi connectivity index (χ3v) is 3.59. The van der Waals surface area contributed by atoms with Crippen molar-refractivity contribution < 1.29 is 19.4 Å². The van der Waals surface area contributed by atoms with Crippen molar-refractivity contribution in [1.29, 1.82) is 0 Å². The molecule has 1 aliphatic carbocycles. The molecule has 0 aromatic heterocycles. The van der Waals surface area contributed by atoms with Gasteiger partial charge in [-0.1, -0.05) is 11.6 Å². The summed E-state index contributed by atoms with van der Waals surface area (Å²) >= 11 is 5.97. The highest BCUT2D eigenvalue weighted by molar-refractivity contribution is 6.31. The van der Waals surface area contributed by atoms with Crippen molar-refractivity contribution in [2.24, 2.45) is 11.8 Å². The molecule has 0 saturated heterocycles. The molecule has 1 aromatic carbocycles. The lowest BCUT2D eigenvalue weighted by molar-refractivity contribution is -0.139. The lowest BCUT2D eigenvalue weighted by Gasteiger charge is -2.12. The number of aliphatic carboxylic acids is 1. The minimum absolute atomic E-state index is 0.299. The molecule has 2 N–H and O–H groups in total. The lowest BCUT2D eigenvalue weighted by atomic mass is 10.2. The number of ether oxygens (including phenoxy) is 1. The number of aryl methyl sites for hydroxylation is 1. The Bertz CT molecular complexity index is 544. The Hall–Kier alpha value is -1.75. The summed E-state index contributed by atoms with van der Waals surface area (Å²) < 4.78 is 5.14. The van der Waals surface area contributed by atoms with Gasteiger partial charge in [0.05, 0.1) is 24.6 Å². The Kier molecular flexibility index (Phi) is 3.66. The van der Waals surface area contributed by atoms with Gasteiger partial charge in [0.25, 0.3) is 0 Å². The summed E-state index contributed by atoms with van der Waals surface area (Å²) in [7, 11) is 1.48. The highest BCUT2D eigenvalue weighted by Gasteiger charge is 2.48. The molecule has 0 aliphatic heterocycles. The molecular formula is C13H14ClNO4. The fourth-order valence-corrected chi connectivity index (χ4v) is 2.07. The standard InChI is InChI=1S/C13H14ClNO4/c1-6-3-10(11(19-2)5-9(6)14)15-12(16)7-4-8(7)13(17)18/h3,5,7-8H,4H2,1-2H3,(H,15,16)(H,17,18)/t7-,8+/m1/s1. The Labute approximate surface area is 115 Å². The van der Waals surface area contributed by atoms with E-state index in [-0.39, 0.29) is 5.91 Å². The van der Waals surface area contributed by atoms with Crippen LogP contribution in [0, 0.1) is 18.8 Å². The second-order valence-corrected chi connectivity index (χ2v) is 4.99. The minimum atomic E-state index is -0.931. The van der Waals surface area contributed by atoms with E-state index in [9.17, 15) is 9.59 Å². The Morgan fingerprint density at radius 1 is 1.42 bits per heavy atom. The number of carboxylic acids is 1. The van der Waals surface area contributed by atoms with E-state index >= 15 is 0 Å². The van der Waals surface area contributed by atoms with Crippen LogP contribution in [0.3, 0.4) is 0 Å². The smallest absolute Gasteiger partial charge is 0.307 e. The molecule has 0 radical (unpaired) electrons. The van der Waals surface area contributed by atoms with Crippen molar-refractivity contribution in [3.05, 3.63) is 22.7 Å². The predicted octanol–water partition coefficient (Wildman–Crippen LogP) is 2.32. The second-order valence-electron chi connectivity index (χ2n) is 4.58. The molecule has 5 nitrogen and oxygen atoms in total. The van der Waals surface area contributed by atoms with E-state index in [0.717, 1.165) is 5.56 Å². The van der Waals surface area contributed by atoms with E-state index in [1.165, 1.54) is 7.11 Å². The van der Waals surface area contributed by atoms with Crippen LogP contribution in [0.5, 0.6) is 5.75 Å². The maximum Gasteiger partial charge on any atom is 0.307 e. The largest absolute Gasteiger partial charge is 0.495 e. The quantitative estimate of drug-likeness (QED) is 0.889. The van der Waals surface area contributed by atoms with Crippen LogP contribution in [-0.4, -0.2) is 24.1 Å². The molecule has 6 heteroatoms. The summed E-state index contributed by atoms with van der Waals surface area (Å²) in [6.07, 6.45) is 0.385. The fourth-order valence-electron chi connectivity index (χ4n) is 1.91. The number of nitrogens with one attached hydrogen (secondary N) is 1. The molecule has 0 spiro atoms. The Morgan fingerprint density at radius 3 is 2.63 bits per heavy atom. The van der Waals surface area contributed by atoms with Crippen LogP contribution < -0.4 is 10.1 Å². The number of carbonyl (C=O) groups is 2. The SMILES string of the molecule is COc1cc(Cl)c(C)cc1NC(=O)[C@@H]1C[C@@H]1C(=O)O. The number of hydrogen-bond acceptors (Lipinski definition) is 3. The molecule has 1 aromatic rings. The van der Waals surface area contributed by atoms with Gasteiger partial charge in [-0.15, -0.1) is 0 Å². The van der Waals surface area contributed by atoms with Gasteiger partial charge in [-0.3, -0.25) is 9.59 Å². The predicted molar refractivity (Wildman–Crippen MR) is 70.6 cm³/mol. The summed E-state index contributed by atoms with van der Waals surface area (Å²) in [5.74, 6) is -1.80. The van der Waals surface area contributed by atoms with Crippen LogP contribution in [0.15, 0.2) is 12.1 Å². The maximum atomic E-state index is 11.9. The number of halogens is 1. The summed E-state index contributed by atoms with van der Waals surface area (Å²) in [6, 6.07) is 3.32. The number of rotatable bonds is 4. The summed E-state index contributed by atoms with van der Waals surface area (Å²) in [4.78, 5) is 22.6. The van der Waals surface area contributed by atoms with Gasteiger partial charge >= 0.3 is 5.97 Å². The van der Waals surface area contributed by atoms with Gasteiger partial charge in [0.15, 0.2) is 0 Å². The van der Waals surface area contributed by atoms with Crippen LogP contribution >= 0.6 is 11.6 Å². The second kappa shape index (κ2) is 5.09. The van der Waals surface area contributed by atoms with Gasteiger partial charge in [-0.25, -0.2) is 0 Å². The van der Waals surface area contributed by atoms with Gasteiger partial charge in [-0.05, 0) is 25.0 Å². The van der Waals surface area contributed by atoms with Crippen LogP contribution in [0.4, 0.5) is 5.69 Å². The molecule has 1 fully saturated rings. The zero-order valence-corrected chi connectivity index (χ0v) is 11.3. The first kappa shape index (κ1) is 13.7. The number of methoxy groups -OCH3 is 1. The number of anilines is 1. The molecule has 0 unspecified atom stereocenters. The zero-order valence-electron chi connectivity index (χ0n) is 10.6. The molecule has 0 bridgehead atoms. The molecule has 1 saturated carbocycles. The first-order chi connectivity index (χ1) is 8.93. The third-order valence-electron chi connectivity index (χ3n) is 3.18. The average Bonchev–Trinajstić information content (AvgIpc) is 3.13. The Morgan fingerprint density at radius 2 is 2.11 bits per heavy atom. The van der Waals surface area contributed by atoms with Gasteiger partial charge < -0.3 is 15.2 Å². The fraction of sp³-hybridized carbons (Fsp3) is 0.385. The van der Waals surface area contributed by atoms with E-state index < -0.39 is 17.8 Å². The highest BCUT2D eigenvalue weighted by atomic mass is 35.5. The van der Waals surface area contributed by atoms with E-state index in [4.69, 9.17) is 21.4 Å². The minimum Gasteiger partial charge on any atom is -0.495 e. The highest BCUT2D eigenvalue weighted by Crippen LogP contribution is 2.40. The number of hydrogen-bond donors (Lipinski definition) is 2. The van der Waals surface area contributed by atoms with Crippen LogP contribution in [0.2, 0.25) is 5.02 Å². The molecule has 2 atom stereocenters. The number of carboxylic acid groups (broad SMARTS) is 1. The van der Waals surface area contributed by atoms with Gasteiger partial charge in [0.2, 0.25) is 5.91 Å². The summed E-state index contributed by atoms with van der Waals surface area (Å²) in [5.41, 5.74) is 1.31. The molecule has 19 heavy (non-hydrogen) atoms. The first-order valence-corrected chi connectivity index (χ1v) is 6.19. The monoisotopic (exact) mass is 283 g/mol. The van der Waals surface area contributed by atoms with Crippen LogP contribution in [-0.2, 0) is 9.59 Å². The van der Waals surface area contributed by atoms with Gasteiger partial charge in [0.1, 0.15) is 5.75 Å². The van der Waals surface area contributed by atoms with Crippen LogP contribution in [0.25, 0.3) is 0 Å². The molecular weight excluding hydrogens is 270 g/mol. The van der Waals surface area contributed by atoms with Gasteiger partial charge in [0, 0.05) is 11.1 Å². The Balaban J connectivity index is 2.13.